The molecule has 5 nitrogen and oxygen atoms in total. The number of amides is 1. The molecule has 6 heteroatoms. The number of halogens is 1. The van der Waals surface area contributed by atoms with Crippen LogP contribution in [-0.4, -0.2) is 44.7 Å². The zero-order chi connectivity index (χ0) is 15.7. The summed E-state index contributed by atoms with van der Waals surface area (Å²) in [6.07, 6.45) is 2.28. The molecule has 1 rings (SSSR count). The maximum absolute atomic E-state index is 11.9. The fourth-order valence-electron chi connectivity index (χ4n) is 1.95. The number of nitrogens with two attached hydrogens (primary N) is 1. The number of nitrogen functional groups attached to an aromatic ring is 1. The van der Waals surface area contributed by atoms with E-state index in [9.17, 15) is 4.79 Å². The van der Waals surface area contributed by atoms with Crippen molar-refractivity contribution in [2.45, 2.75) is 19.3 Å². The predicted octanol–water partition coefficient (Wildman–Crippen LogP) is 2.61. The average Bonchev–Trinajstić information content (AvgIpc) is 2.42. The Bertz CT molecular complexity index is 455. The minimum Gasteiger partial charge on any atom is -0.399 e. The normalized spacial score (nSPS) is 10.9. The maximum atomic E-state index is 11.9. The van der Waals surface area contributed by atoms with E-state index in [4.69, 9.17) is 22.1 Å². The van der Waals surface area contributed by atoms with Crippen molar-refractivity contribution in [2.24, 2.45) is 0 Å². The second-order valence-corrected chi connectivity index (χ2v) is 5.45. The summed E-state index contributed by atoms with van der Waals surface area (Å²) in [5.41, 5.74) is 6.79. The zero-order valence-electron chi connectivity index (χ0n) is 12.7. The number of carbonyl (C=O) groups excluding carboxylic acids is 1. The lowest BCUT2D eigenvalue weighted by molar-refractivity contribution is -0.116. The maximum Gasteiger partial charge on any atom is 0.224 e. The Morgan fingerprint density at radius 2 is 2.10 bits per heavy atom. The van der Waals surface area contributed by atoms with Crippen LogP contribution in [0.2, 0.25) is 5.02 Å². The molecule has 0 spiro atoms. The van der Waals surface area contributed by atoms with Crippen LogP contribution < -0.4 is 11.1 Å². The number of nitrogens with one attached hydrogen (secondary N) is 1. The highest BCUT2D eigenvalue weighted by atomic mass is 35.5. The van der Waals surface area contributed by atoms with Crippen LogP contribution in [0, 0.1) is 0 Å². The SMILES string of the molecule is COCCCN(C)CCCC(=O)Nc1ccc(N)cc1Cl. The topological polar surface area (TPSA) is 67.6 Å². The van der Waals surface area contributed by atoms with Gasteiger partial charge in [-0.1, -0.05) is 11.6 Å². The Hall–Kier alpha value is -1.30. The number of hydrogen-bond donors (Lipinski definition) is 2. The monoisotopic (exact) mass is 313 g/mol. The molecule has 21 heavy (non-hydrogen) atoms. The molecular weight excluding hydrogens is 290 g/mol. The van der Waals surface area contributed by atoms with Crippen molar-refractivity contribution in [3.05, 3.63) is 23.2 Å². The minimum atomic E-state index is -0.0352. The van der Waals surface area contributed by atoms with E-state index in [2.05, 4.69) is 10.2 Å². The number of benzene rings is 1. The van der Waals surface area contributed by atoms with E-state index in [-0.39, 0.29) is 5.91 Å². The van der Waals surface area contributed by atoms with E-state index < -0.39 is 0 Å². The summed E-state index contributed by atoms with van der Waals surface area (Å²) in [6.45, 7) is 2.62. The molecule has 0 aliphatic rings. The standard InChI is InChI=1S/C15H24ClN3O2/c1-19(9-4-10-21-2)8-3-5-15(20)18-14-7-6-12(17)11-13(14)16/h6-7,11H,3-5,8-10,17H2,1-2H3,(H,18,20). The molecule has 1 aromatic rings. The van der Waals surface area contributed by atoms with E-state index in [1.165, 1.54) is 0 Å². The lowest BCUT2D eigenvalue weighted by Gasteiger charge is -2.16. The molecule has 118 valence electrons. The smallest absolute Gasteiger partial charge is 0.224 e. The molecule has 0 aromatic heterocycles. The molecule has 0 atom stereocenters. The first kappa shape index (κ1) is 17.8. The molecule has 0 aliphatic carbocycles. The number of nitrogens with zero attached hydrogens (tertiary/aromatic N) is 1. The van der Waals surface area contributed by atoms with Crippen LogP contribution >= 0.6 is 11.6 Å². The molecule has 0 heterocycles. The molecule has 0 saturated heterocycles. The second kappa shape index (κ2) is 9.60. The molecule has 3 N–H and O–H groups in total. The number of methoxy groups -OCH3 is 1. The highest BCUT2D eigenvalue weighted by molar-refractivity contribution is 6.34. The summed E-state index contributed by atoms with van der Waals surface area (Å²) in [5.74, 6) is -0.0352. The third kappa shape index (κ3) is 7.32. The van der Waals surface area contributed by atoms with Gasteiger partial charge in [-0.3, -0.25) is 4.79 Å². The summed E-state index contributed by atoms with van der Waals surface area (Å²) >= 11 is 6.01. The van der Waals surface area contributed by atoms with Gasteiger partial charge < -0.3 is 20.7 Å². The molecule has 0 unspecified atom stereocenters. The summed E-state index contributed by atoms with van der Waals surface area (Å²) in [6, 6.07) is 5.05. The fourth-order valence-corrected chi connectivity index (χ4v) is 2.18. The van der Waals surface area contributed by atoms with Crippen LogP contribution in [0.4, 0.5) is 11.4 Å². The van der Waals surface area contributed by atoms with Crippen LogP contribution in [-0.2, 0) is 9.53 Å². The zero-order valence-corrected chi connectivity index (χ0v) is 13.4. The number of hydrogen-bond acceptors (Lipinski definition) is 4. The van der Waals surface area contributed by atoms with Gasteiger partial charge in [-0.25, -0.2) is 0 Å². The van der Waals surface area contributed by atoms with E-state index in [1.54, 1.807) is 25.3 Å². The highest BCUT2D eigenvalue weighted by Gasteiger charge is 2.07. The molecule has 1 amide bonds. The van der Waals surface area contributed by atoms with Crippen molar-refractivity contribution in [1.29, 1.82) is 0 Å². The fraction of sp³-hybridized carbons (Fsp3) is 0.533. The number of ether oxygens (including phenoxy) is 1. The Labute approximate surface area is 131 Å². The van der Waals surface area contributed by atoms with Crippen LogP contribution in [0.25, 0.3) is 0 Å². The minimum absolute atomic E-state index is 0.0352. The first-order valence-electron chi connectivity index (χ1n) is 7.05. The van der Waals surface area contributed by atoms with E-state index in [1.807, 2.05) is 7.05 Å². The van der Waals surface area contributed by atoms with Crippen LogP contribution in [0.5, 0.6) is 0 Å². The van der Waals surface area contributed by atoms with Crippen molar-refractivity contribution in [1.82, 2.24) is 4.90 Å². The number of carbonyl (C=O) groups is 1. The quantitative estimate of drug-likeness (QED) is 0.543. The van der Waals surface area contributed by atoms with Gasteiger partial charge in [-0.15, -0.1) is 0 Å². The van der Waals surface area contributed by atoms with Crippen LogP contribution in [0.3, 0.4) is 0 Å². The van der Waals surface area contributed by atoms with Gasteiger partial charge in [0, 0.05) is 32.4 Å². The van der Waals surface area contributed by atoms with Gasteiger partial charge >= 0.3 is 0 Å². The number of anilines is 2. The lowest BCUT2D eigenvalue weighted by atomic mass is 10.2. The third-order valence-electron chi connectivity index (χ3n) is 3.10. The number of rotatable bonds is 9. The molecule has 0 bridgehead atoms. The van der Waals surface area contributed by atoms with E-state index in [0.29, 0.717) is 22.8 Å². The van der Waals surface area contributed by atoms with Crippen molar-refractivity contribution >= 4 is 28.9 Å². The van der Waals surface area contributed by atoms with E-state index in [0.717, 1.165) is 32.5 Å². The molecule has 0 fully saturated rings. The molecule has 0 aliphatic heterocycles. The molecular formula is C15H24ClN3O2. The highest BCUT2D eigenvalue weighted by Crippen LogP contribution is 2.24. The average molecular weight is 314 g/mol. The van der Waals surface area contributed by atoms with Crippen molar-refractivity contribution < 1.29 is 9.53 Å². The Morgan fingerprint density at radius 3 is 2.76 bits per heavy atom. The van der Waals surface area contributed by atoms with Gasteiger partial charge in [-0.05, 0) is 44.6 Å². The third-order valence-corrected chi connectivity index (χ3v) is 3.41. The van der Waals surface area contributed by atoms with Gasteiger partial charge in [-0.2, -0.15) is 0 Å². The molecule has 0 saturated carbocycles. The predicted molar refractivity (Wildman–Crippen MR) is 87.7 cm³/mol. The summed E-state index contributed by atoms with van der Waals surface area (Å²) in [4.78, 5) is 14.0. The first-order valence-corrected chi connectivity index (χ1v) is 7.43. The van der Waals surface area contributed by atoms with E-state index >= 15 is 0 Å². The Kier molecular flexibility index (Phi) is 8.12. The van der Waals surface area contributed by atoms with Crippen molar-refractivity contribution in [2.75, 3.05) is 44.9 Å². The molecule has 0 radical (unpaired) electrons. The Morgan fingerprint density at radius 1 is 1.38 bits per heavy atom. The Balaban J connectivity index is 2.25. The van der Waals surface area contributed by atoms with Gasteiger partial charge in [0.05, 0.1) is 10.7 Å². The van der Waals surface area contributed by atoms with Gasteiger partial charge in [0.25, 0.3) is 0 Å². The van der Waals surface area contributed by atoms with Gasteiger partial charge in [0.2, 0.25) is 5.91 Å². The second-order valence-electron chi connectivity index (χ2n) is 5.04. The summed E-state index contributed by atoms with van der Waals surface area (Å²) < 4.78 is 5.01. The van der Waals surface area contributed by atoms with Crippen molar-refractivity contribution in [3.8, 4) is 0 Å². The lowest BCUT2D eigenvalue weighted by Crippen LogP contribution is -2.23. The largest absolute Gasteiger partial charge is 0.399 e. The van der Waals surface area contributed by atoms with Crippen LogP contribution in [0.15, 0.2) is 18.2 Å². The van der Waals surface area contributed by atoms with Gasteiger partial charge in [0.1, 0.15) is 0 Å². The van der Waals surface area contributed by atoms with Gasteiger partial charge in [0.15, 0.2) is 0 Å². The molecule has 1 aromatic carbocycles. The summed E-state index contributed by atoms with van der Waals surface area (Å²) in [7, 11) is 3.75. The summed E-state index contributed by atoms with van der Waals surface area (Å²) in [5, 5.41) is 3.26. The van der Waals surface area contributed by atoms with Crippen LogP contribution in [0.1, 0.15) is 19.3 Å². The van der Waals surface area contributed by atoms with Crippen molar-refractivity contribution in [3.63, 3.8) is 0 Å². The first-order chi connectivity index (χ1) is 10.0.